The van der Waals surface area contributed by atoms with E-state index < -0.39 is 6.09 Å². The molecule has 1 amide bonds. The molecule has 1 atom stereocenters. The Morgan fingerprint density at radius 3 is 2.70 bits per heavy atom. The van der Waals surface area contributed by atoms with Gasteiger partial charge in [-0.2, -0.15) is 0 Å². The summed E-state index contributed by atoms with van der Waals surface area (Å²) < 4.78 is 6.03. The van der Waals surface area contributed by atoms with Crippen LogP contribution in [0.4, 0.5) is 4.79 Å². The summed E-state index contributed by atoms with van der Waals surface area (Å²) >= 11 is 0. The van der Waals surface area contributed by atoms with Crippen molar-refractivity contribution in [2.24, 2.45) is 5.92 Å². The fraction of sp³-hybridized carbons (Fsp3) is 0.632. The number of hydrogen-bond donors (Lipinski definition) is 2. The minimum atomic E-state index is -0.944. The number of amides is 1. The Hall–Kier alpha value is -1.71. The quantitative estimate of drug-likeness (QED) is 0.793. The first-order valence-corrected chi connectivity index (χ1v) is 8.97. The standard InChI is InChI=1S/C19H27NO3/c21-19(22)20-18-9-5-4-8-15-12-16(10-11-17(15)18)23-13-14-6-2-1-3-7-14/h10-12,14,18,20H,1-9,13H2,(H,21,22). The molecule has 0 heterocycles. The van der Waals surface area contributed by atoms with Gasteiger partial charge in [0.15, 0.2) is 0 Å². The highest BCUT2D eigenvalue weighted by atomic mass is 16.5. The Balaban J connectivity index is 1.67. The van der Waals surface area contributed by atoms with Gasteiger partial charge in [-0.1, -0.05) is 31.7 Å². The molecule has 1 fully saturated rings. The maximum absolute atomic E-state index is 11.0. The van der Waals surface area contributed by atoms with Crippen molar-refractivity contribution in [3.63, 3.8) is 0 Å². The van der Waals surface area contributed by atoms with Crippen LogP contribution in [-0.2, 0) is 6.42 Å². The second-order valence-corrected chi connectivity index (χ2v) is 6.92. The van der Waals surface area contributed by atoms with Crippen LogP contribution in [0, 0.1) is 5.92 Å². The molecule has 4 heteroatoms. The van der Waals surface area contributed by atoms with Gasteiger partial charge in [-0.25, -0.2) is 4.79 Å². The number of rotatable bonds is 4. The number of hydrogen-bond acceptors (Lipinski definition) is 2. The molecule has 0 spiro atoms. The molecule has 1 saturated carbocycles. The molecule has 0 bridgehead atoms. The summed E-state index contributed by atoms with van der Waals surface area (Å²) in [5.74, 6) is 1.63. The van der Waals surface area contributed by atoms with E-state index in [1.807, 2.05) is 6.07 Å². The SMILES string of the molecule is O=C(O)NC1CCCCc2cc(OCC3CCCCC3)ccc21. The van der Waals surface area contributed by atoms with Gasteiger partial charge in [-0.3, -0.25) is 0 Å². The van der Waals surface area contributed by atoms with Gasteiger partial charge in [-0.05, 0) is 61.3 Å². The summed E-state index contributed by atoms with van der Waals surface area (Å²) in [6, 6.07) is 6.10. The van der Waals surface area contributed by atoms with Crippen molar-refractivity contribution in [2.45, 2.75) is 63.8 Å². The van der Waals surface area contributed by atoms with E-state index in [0.717, 1.165) is 43.6 Å². The third-order valence-corrected chi connectivity index (χ3v) is 5.19. The van der Waals surface area contributed by atoms with Crippen molar-refractivity contribution >= 4 is 6.09 Å². The first kappa shape index (κ1) is 16.2. The molecule has 2 aliphatic rings. The molecule has 0 aliphatic heterocycles. The molecular formula is C19H27NO3. The summed E-state index contributed by atoms with van der Waals surface area (Å²) in [5, 5.41) is 11.7. The molecule has 2 N–H and O–H groups in total. The second-order valence-electron chi connectivity index (χ2n) is 6.92. The van der Waals surface area contributed by atoms with Crippen molar-refractivity contribution in [3.05, 3.63) is 29.3 Å². The molecule has 3 rings (SSSR count). The summed E-state index contributed by atoms with van der Waals surface area (Å²) in [6.07, 6.45) is 9.71. The molecule has 126 valence electrons. The lowest BCUT2D eigenvalue weighted by atomic mass is 9.90. The number of benzene rings is 1. The molecule has 1 unspecified atom stereocenters. The van der Waals surface area contributed by atoms with Crippen LogP contribution in [0.2, 0.25) is 0 Å². The van der Waals surface area contributed by atoms with Gasteiger partial charge in [0.2, 0.25) is 0 Å². The number of carboxylic acid groups (broad SMARTS) is 1. The van der Waals surface area contributed by atoms with E-state index in [1.165, 1.54) is 37.7 Å². The van der Waals surface area contributed by atoms with Crippen LogP contribution in [0.3, 0.4) is 0 Å². The normalized spacial score (nSPS) is 22.0. The van der Waals surface area contributed by atoms with E-state index in [4.69, 9.17) is 9.84 Å². The molecule has 1 aromatic carbocycles. The summed E-state index contributed by atoms with van der Waals surface area (Å²) in [5.41, 5.74) is 2.36. The fourth-order valence-electron chi connectivity index (χ4n) is 3.91. The smallest absolute Gasteiger partial charge is 0.405 e. The van der Waals surface area contributed by atoms with Gasteiger partial charge >= 0.3 is 6.09 Å². The van der Waals surface area contributed by atoms with E-state index in [1.54, 1.807) is 0 Å². The van der Waals surface area contributed by atoms with Crippen molar-refractivity contribution in [3.8, 4) is 5.75 Å². The number of carbonyl (C=O) groups is 1. The van der Waals surface area contributed by atoms with E-state index >= 15 is 0 Å². The average Bonchev–Trinajstić information content (AvgIpc) is 2.75. The van der Waals surface area contributed by atoms with Crippen LogP contribution < -0.4 is 10.1 Å². The highest BCUT2D eigenvalue weighted by Crippen LogP contribution is 2.32. The Kier molecular flexibility index (Phi) is 5.42. The van der Waals surface area contributed by atoms with E-state index in [0.29, 0.717) is 5.92 Å². The Morgan fingerprint density at radius 1 is 1.13 bits per heavy atom. The number of nitrogens with one attached hydrogen (secondary N) is 1. The summed E-state index contributed by atoms with van der Waals surface area (Å²) in [4.78, 5) is 11.0. The van der Waals surface area contributed by atoms with Crippen molar-refractivity contribution < 1.29 is 14.6 Å². The topological polar surface area (TPSA) is 58.6 Å². The lowest BCUT2D eigenvalue weighted by Gasteiger charge is -2.22. The maximum Gasteiger partial charge on any atom is 0.405 e. The van der Waals surface area contributed by atoms with E-state index in [9.17, 15) is 4.79 Å². The van der Waals surface area contributed by atoms with Crippen molar-refractivity contribution in [2.75, 3.05) is 6.61 Å². The molecule has 1 aromatic rings. The zero-order valence-corrected chi connectivity index (χ0v) is 13.7. The van der Waals surface area contributed by atoms with Crippen molar-refractivity contribution in [1.82, 2.24) is 5.32 Å². The van der Waals surface area contributed by atoms with Crippen molar-refractivity contribution in [1.29, 1.82) is 0 Å². The molecule has 2 aliphatic carbocycles. The van der Waals surface area contributed by atoms with E-state index in [2.05, 4.69) is 17.4 Å². The van der Waals surface area contributed by atoms with Gasteiger partial charge in [0, 0.05) is 0 Å². The average molecular weight is 317 g/mol. The zero-order valence-electron chi connectivity index (χ0n) is 13.7. The monoisotopic (exact) mass is 317 g/mol. The van der Waals surface area contributed by atoms with Crippen LogP contribution in [-0.4, -0.2) is 17.8 Å². The highest BCUT2D eigenvalue weighted by molar-refractivity contribution is 5.65. The number of fused-ring (bicyclic) bond motifs is 1. The Labute approximate surface area is 138 Å². The van der Waals surface area contributed by atoms with Crippen LogP contribution in [0.1, 0.15) is 68.5 Å². The molecule has 4 nitrogen and oxygen atoms in total. The van der Waals surface area contributed by atoms with E-state index in [-0.39, 0.29) is 6.04 Å². The third kappa shape index (κ3) is 4.40. The van der Waals surface area contributed by atoms with Crippen LogP contribution in [0.15, 0.2) is 18.2 Å². The summed E-state index contributed by atoms with van der Waals surface area (Å²) in [7, 11) is 0. The zero-order chi connectivity index (χ0) is 16.1. The largest absolute Gasteiger partial charge is 0.493 e. The van der Waals surface area contributed by atoms with Crippen LogP contribution in [0.5, 0.6) is 5.75 Å². The third-order valence-electron chi connectivity index (χ3n) is 5.19. The van der Waals surface area contributed by atoms with Crippen LogP contribution in [0.25, 0.3) is 0 Å². The van der Waals surface area contributed by atoms with Gasteiger partial charge < -0.3 is 15.2 Å². The van der Waals surface area contributed by atoms with Gasteiger partial charge in [0.05, 0.1) is 12.6 Å². The first-order valence-electron chi connectivity index (χ1n) is 8.97. The summed E-state index contributed by atoms with van der Waals surface area (Å²) in [6.45, 7) is 0.815. The van der Waals surface area contributed by atoms with Gasteiger partial charge in [0.1, 0.15) is 5.75 Å². The first-order chi connectivity index (χ1) is 11.2. The Morgan fingerprint density at radius 2 is 1.91 bits per heavy atom. The van der Waals surface area contributed by atoms with Crippen LogP contribution >= 0.6 is 0 Å². The molecule has 23 heavy (non-hydrogen) atoms. The molecule has 0 saturated heterocycles. The van der Waals surface area contributed by atoms with Gasteiger partial charge in [0.25, 0.3) is 0 Å². The van der Waals surface area contributed by atoms with Gasteiger partial charge in [-0.15, -0.1) is 0 Å². The predicted octanol–water partition coefficient (Wildman–Crippen LogP) is 4.68. The fourth-order valence-corrected chi connectivity index (χ4v) is 3.91. The predicted molar refractivity (Wildman–Crippen MR) is 90.0 cm³/mol. The lowest BCUT2D eigenvalue weighted by molar-refractivity contribution is 0.189. The number of ether oxygens (including phenoxy) is 1. The molecule has 0 aromatic heterocycles. The Bertz CT molecular complexity index is 537. The lowest BCUT2D eigenvalue weighted by Crippen LogP contribution is -2.26. The minimum absolute atomic E-state index is 0.0857. The maximum atomic E-state index is 11.0. The molecule has 0 radical (unpaired) electrons. The second kappa shape index (κ2) is 7.71. The highest BCUT2D eigenvalue weighted by Gasteiger charge is 2.21. The minimum Gasteiger partial charge on any atom is -0.493 e. The molecular weight excluding hydrogens is 290 g/mol. The number of aryl methyl sites for hydroxylation is 1.